The van der Waals surface area contributed by atoms with Gasteiger partial charge in [-0.3, -0.25) is 4.79 Å². The van der Waals surface area contributed by atoms with Crippen molar-refractivity contribution in [2.45, 2.75) is 10.4 Å². The van der Waals surface area contributed by atoms with E-state index in [0.29, 0.717) is 31.9 Å². The monoisotopic (exact) mass is 442 g/mol. The van der Waals surface area contributed by atoms with Gasteiger partial charge in [-0.1, -0.05) is 12.1 Å². The zero-order chi connectivity index (χ0) is 21.7. The molecule has 1 aliphatic heterocycles. The fourth-order valence-electron chi connectivity index (χ4n) is 3.00. The van der Waals surface area contributed by atoms with Crippen LogP contribution in [0.3, 0.4) is 0 Å². The molecular formula is C20H18F4N2O3S. The second kappa shape index (κ2) is 9.38. The predicted octanol–water partition coefficient (Wildman–Crippen LogP) is 3.94. The highest BCUT2D eigenvalue weighted by molar-refractivity contribution is 8.00. The molecule has 0 atom stereocenters. The molecule has 1 fully saturated rings. The first-order valence-electron chi connectivity index (χ1n) is 9.03. The van der Waals surface area contributed by atoms with Crippen LogP contribution in [0.2, 0.25) is 0 Å². The molecule has 2 aromatic rings. The Morgan fingerprint density at radius 1 is 0.967 bits per heavy atom. The molecule has 30 heavy (non-hydrogen) atoms. The van der Waals surface area contributed by atoms with Crippen molar-refractivity contribution in [3.05, 3.63) is 59.9 Å². The largest absolute Gasteiger partial charge is 0.452 e. The van der Waals surface area contributed by atoms with Crippen LogP contribution in [0.4, 0.5) is 23.2 Å². The standard InChI is InChI=1S/C20H18F4N2O3S/c21-16-3-1-2-4-17(16)25-9-11-26(12-10-25)18(27)13-29-19(28)14-5-7-15(8-6-14)30-20(22,23)24/h1-8H,9-13H2. The first-order valence-corrected chi connectivity index (χ1v) is 9.85. The minimum atomic E-state index is -4.41. The average molecular weight is 442 g/mol. The Hall–Kier alpha value is -2.75. The number of esters is 1. The molecule has 0 aromatic heterocycles. The first kappa shape index (κ1) is 21.9. The molecule has 0 unspecified atom stereocenters. The number of hydrogen-bond donors (Lipinski definition) is 0. The van der Waals surface area contributed by atoms with E-state index in [-0.39, 0.29) is 33.9 Å². The number of halogens is 4. The van der Waals surface area contributed by atoms with E-state index < -0.39 is 18.1 Å². The van der Waals surface area contributed by atoms with E-state index in [9.17, 15) is 27.2 Å². The highest BCUT2D eigenvalue weighted by Crippen LogP contribution is 2.36. The third kappa shape index (κ3) is 5.88. The summed E-state index contributed by atoms with van der Waals surface area (Å²) in [6, 6.07) is 11.2. The van der Waals surface area contributed by atoms with Gasteiger partial charge in [0, 0.05) is 31.1 Å². The van der Waals surface area contributed by atoms with Crippen molar-refractivity contribution in [3.8, 4) is 0 Å². The maximum Gasteiger partial charge on any atom is 0.446 e. The second-order valence-electron chi connectivity index (χ2n) is 6.47. The number of hydrogen-bond acceptors (Lipinski definition) is 5. The lowest BCUT2D eigenvalue weighted by Crippen LogP contribution is -2.50. The zero-order valence-electron chi connectivity index (χ0n) is 15.7. The lowest BCUT2D eigenvalue weighted by Gasteiger charge is -2.36. The summed E-state index contributed by atoms with van der Waals surface area (Å²) in [6.45, 7) is 1.12. The predicted molar refractivity (Wildman–Crippen MR) is 104 cm³/mol. The van der Waals surface area contributed by atoms with Crippen molar-refractivity contribution in [2.24, 2.45) is 0 Å². The normalized spacial score (nSPS) is 14.5. The number of alkyl halides is 3. The lowest BCUT2D eigenvalue weighted by atomic mass is 10.2. The Balaban J connectivity index is 1.47. The molecule has 0 radical (unpaired) electrons. The van der Waals surface area contributed by atoms with E-state index in [4.69, 9.17) is 4.74 Å². The quantitative estimate of drug-likeness (QED) is 0.399. The molecule has 5 nitrogen and oxygen atoms in total. The third-order valence-corrected chi connectivity index (χ3v) is 5.22. The molecule has 3 rings (SSSR count). The van der Waals surface area contributed by atoms with Crippen LogP contribution in [0.25, 0.3) is 0 Å². The number of rotatable bonds is 5. The number of anilines is 1. The molecule has 2 aromatic carbocycles. The Kier molecular flexibility index (Phi) is 6.86. The van der Waals surface area contributed by atoms with Crippen molar-refractivity contribution < 1.29 is 31.9 Å². The number of thioether (sulfide) groups is 1. The fraction of sp³-hybridized carbons (Fsp3) is 0.300. The number of piperazine rings is 1. The summed E-state index contributed by atoms with van der Waals surface area (Å²) in [5.41, 5.74) is -3.88. The average Bonchev–Trinajstić information content (AvgIpc) is 2.71. The summed E-state index contributed by atoms with van der Waals surface area (Å²) in [7, 11) is 0. The Morgan fingerprint density at radius 3 is 2.20 bits per heavy atom. The molecule has 1 saturated heterocycles. The minimum absolute atomic E-state index is 0.0529. The van der Waals surface area contributed by atoms with Crippen molar-refractivity contribution in [3.63, 3.8) is 0 Å². The third-order valence-electron chi connectivity index (χ3n) is 4.48. The molecule has 1 heterocycles. The van der Waals surface area contributed by atoms with E-state index in [0.717, 1.165) is 0 Å². The van der Waals surface area contributed by atoms with Gasteiger partial charge in [0.2, 0.25) is 0 Å². The van der Waals surface area contributed by atoms with Gasteiger partial charge in [0.15, 0.2) is 6.61 Å². The van der Waals surface area contributed by atoms with Crippen molar-refractivity contribution in [1.82, 2.24) is 4.90 Å². The highest BCUT2D eigenvalue weighted by atomic mass is 32.2. The topological polar surface area (TPSA) is 49.9 Å². The van der Waals surface area contributed by atoms with Gasteiger partial charge in [-0.15, -0.1) is 0 Å². The second-order valence-corrected chi connectivity index (χ2v) is 7.61. The van der Waals surface area contributed by atoms with Crippen LogP contribution in [-0.2, 0) is 9.53 Å². The van der Waals surface area contributed by atoms with Crippen LogP contribution in [0.1, 0.15) is 10.4 Å². The van der Waals surface area contributed by atoms with Gasteiger partial charge in [0.05, 0.1) is 11.3 Å². The molecule has 1 amide bonds. The number of ether oxygens (including phenoxy) is 1. The summed E-state index contributed by atoms with van der Waals surface area (Å²) in [5.74, 6) is -1.51. The van der Waals surface area contributed by atoms with Gasteiger partial charge < -0.3 is 14.5 Å². The van der Waals surface area contributed by atoms with Gasteiger partial charge in [-0.25, -0.2) is 9.18 Å². The summed E-state index contributed by atoms with van der Waals surface area (Å²) >= 11 is -0.283. The van der Waals surface area contributed by atoms with Gasteiger partial charge >= 0.3 is 11.5 Å². The Bertz CT molecular complexity index is 898. The smallest absolute Gasteiger partial charge is 0.446 e. The van der Waals surface area contributed by atoms with Gasteiger partial charge in [0.1, 0.15) is 5.82 Å². The van der Waals surface area contributed by atoms with Crippen LogP contribution in [0.15, 0.2) is 53.4 Å². The van der Waals surface area contributed by atoms with Crippen molar-refractivity contribution in [2.75, 3.05) is 37.7 Å². The Morgan fingerprint density at radius 2 is 1.60 bits per heavy atom. The number of para-hydroxylation sites is 1. The number of carbonyl (C=O) groups is 2. The minimum Gasteiger partial charge on any atom is -0.452 e. The molecule has 1 aliphatic rings. The highest BCUT2D eigenvalue weighted by Gasteiger charge is 2.29. The van der Waals surface area contributed by atoms with Crippen LogP contribution in [0.5, 0.6) is 0 Å². The van der Waals surface area contributed by atoms with Crippen molar-refractivity contribution in [1.29, 1.82) is 0 Å². The molecular weight excluding hydrogens is 424 g/mol. The van der Waals surface area contributed by atoms with Crippen LogP contribution < -0.4 is 4.90 Å². The molecule has 0 bridgehead atoms. The number of benzene rings is 2. The summed E-state index contributed by atoms with van der Waals surface area (Å²) in [6.07, 6.45) is 0. The van der Waals surface area contributed by atoms with Crippen LogP contribution >= 0.6 is 11.8 Å². The van der Waals surface area contributed by atoms with Gasteiger partial charge in [-0.05, 0) is 48.2 Å². The van der Waals surface area contributed by atoms with Gasteiger partial charge in [0.25, 0.3) is 5.91 Å². The Labute approximate surface area is 174 Å². The maximum absolute atomic E-state index is 13.9. The molecule has 10 heteroatoms. The van der Waals surface area contributed by atoms with Crippen LogP contribution in [0, 0.1) is 5.82 Å². The van der Waals surface area contributed by atoms with Gasteiger partial charge in [-0.2, -0.15) is 13.2 Å². The molecule has 0 saturated carbocycles. The molecule has 0 spiro atoms. The molecule has 0 aliphatic carbocycles. The lowest BCUT2D eigenvalue weighted by molar-refractivity contribution is -0.134. The van der Waals surface area contributed by atoms with E-state index in [1.165, 1.54) is 35.2 Å². The summed E-state index contributed by atoms with van der Waals surface area (Å²) < 4.78 is 55.9. The molecule has 160 valence electrons. The number of amides is 1. The molecule has 0 N–H and O–H groups in total. The summed E-state index contributed by atoms with van der Waals surface area (Å²) in [4.78, 5) is 27.6. The fourth-order valence-corrected chi connectivity index (χ4v) is 3.54. The number of carbonyl (C=O) groups excluding carboxylic acids is 2. The van der Waals surface area contributed by atoms with E-state index in [2.05, 4.69) is 0 Å². The van der Waals surface area contributed by atoms with E-state index in [1.54, 1.807) is 18.2 Å². The number of nitrogens with zero attached hydrogens (tertiary/aromatic N) is 2. The van der Waals surface area contributed by atoms with E-state index >= 15 is 0 Å². The zero-order valence-corrected chi connectivity index (χ0v) is 16.5. The van der Waals surface area contributed by atoms with E-state index in [1.807, 2.05) is 4.90 Å². The SMILES string of the molecule is O=C(OCC(=O)N1CCN(c2ccccc2F)CC1)c1ccc(SC(F)(F)F)cc1. The summed E-state index contributed by atoms with van der Waals surface area (Å²) in [5, 5.41) is 0. The maximum atomic E-state index is 13.9. The van der Waals surface area contributed by atoms with Crippen LogP contribution in [-0.4, -0.2) is 55.1 Å². The first-order chi connectivity index (χ1) is 14.2. The van der Waals surface area contributed by atoms with Crippen molar-refractivity contribution >= 4 is 29.3 Å².